The molecule has 0 spiro atoms. The van der Waals surface area contributed by atoms with Gasteiger partial charge in [-0.05, 0) is 13.3 Å². The van der Waals surface area contributed by atoms with E-state index in [1.807, 2.05) is 10.0 Å². The Morgan fingerprint density at radius 3 is 2.89 bits per heavy atom. The first kappa shape index (κ1) is 18.0. The van der Waals surface area contributed by atoms with Gasteiger partial charge >= 0.3 is 5.97 Å². The lowest BCUT2D eigenvalue weighted by Gasteiger charge is -2.31. The molecule has 146 valence electrons. The molecule has 0 aliphatic carbocycles. The molecule has 0 atom stereocenters. The standard InChI is InChI=1S/C18H19FN6O3/c1-3-28-18(26)13-11-21-23-8-5-15(22-16(13)23)25-7-4-6-24(25)14-9-12(19)10-20-17(14)27-2/h5,8-11H,3-4,6-7H2,1-2H3. The van der Waals surface area contributed by atoms with Crippen molar-refractivity contribution in [1.82, 2.24) is 19.6 Å². The number of rotatable bonds is 5. The van der Waals surface area contributed by atoms with Crippen molar-refractivity contribution in [3.05, 3.63) is 42.1 Å². The van der Waals surface area contributed by atoms with E-state index in [0.29, 0.717) is 41.7 Å². The Hall–Kier alpha value is -3.43. The van der Waals surface area contributed by atoms with Gasteiger partial charge in [0.1, 0.15) is 17.1 Å². The highest BCUT2D eigenvalue weighted by molar-refractivity contribution is 5.95. The summed E-state index contributed by atoms with van der Waals surface area (Å²) in [6.45, 7) is 3.33. The fraction of sp³-hybridized carbons (Fsp3) is 0.333. The van der Waals surface area contributed by atoms with E-state index in [9.17, 15) is 9.18 Å². The third-order valence-corrected chi connectivity index (χ3v) is 4.42. The Morgan fingerprint density at radius 1 is 1.29 bits per heavy atom. The van der Waals surface area contributed by atoms with Gasteiger partial charge in [-0.1, -0.05) is 0 Å². The van der Waals surface area contributed by atoms with Crippen molar-refractivity contribution in [2.24, 2.45) is 0 Å². The lowest BCUT2D eigenvalue weighted by Crippen LogP contribution is -2.37. The number of methoxy groups -OCH3 is 1. The molecule has 9 nitrogen and oxygen atoms in total. The van der Waals surface area contributed by atoms with Gasteiger partial charge < -0.3 is 9.47 Å². The van der Waals surface area contributed by atoms with Crippen molar-refractivity contribution < 1.29 is 18.7 Å². The number of fused-ring (bicyclic) bond motifs is 1. The Labute approximate surface area is 160 Å². The number of halogens is 1. The second kappa shape index (κ2) is 7.29. The zero-order valence-corrected chi connectivity index (χ0v) is 15.5. The fourth-order valence-electron chi connectivity index (χ4n) is 3.21. The van der Waals surface area contributed by atoms with Crippen LogP contribution in [0.2, 0.25) is 0 Å². The lowest BCUT2D eigenvalue weighted by molar-refractivity contribution is 0.0528. The third-order valence-electron chi connectivity index (χ3n) is 4.42. The molecule has 0 saturated carbocycles. The summed E-state index contributed by atoms with van der Waals surface area (Å²) >= 11 is 0. The second-order valence-electron chi connectivity index (χ2n) is 6.11. The number of esters is 1. The minimum atomic E-state index is -0.476. The topological polar surface area (TPSA) is 85.1 Å². The molecular weight excluding hydrogens is 367 g/mol. The van der Waals surface area contributed by atoms with Crippen LogP contribution in [-0.2, 0) is 4.74 Å². The first-order chi connectivity index (χ1) is 13.6. The van der Waals surface area contributed by atoms with Crippen molar-refractivity contribution >= 4 is 23.1 Å². The minimum absolute atomic E-state index is 0.266. The number of ether oxygens (including phenoxy) is 2. The summed E-state index contributed by atoms with van der Waals surface area (Å²) in [7, 11) is 1.49. The van der Waals surface area contributed by atoms with Crippen molar-refractivity contribution in [1.29, 1.82) is 0 Å². The molecule has 3 aromatic heterocycles. The highest BCUT2D eigenvalue weighted by Crippen LogP contribution is 2.32. The maximum Gasteiger partial charge on any atom is 0.343 e. The highest BCUT2D eigenvalue weighted by atomic mass is 19.1. The molecule has 1 aliphatic rings. The van der Waals surface area contributed by atoms with Crippen LogP contribution in [-0.4, -0.2) is 52.4 Å². The average Bonchev–Trinajstić information content (AvgIpc) is 3.34. The van der Waals surface area contributed by atoms with Gasteiger partial charge in [0, 0.05) is 31.4 Å². The monoisotopic (exact) mass is 386 g/mol. The largest absolute Gasteiger partial charge is 0.479 e. The van der Waals surface area contributed by atoms with E-state index in [4.69, 9.17) is 9.47 Å². The summed E-state index contributed by atoms with van der Waals surface area (Å²) in [6, 6.07) is 3.16. The van der Waals surface area contributed by atoms with Crippen molar-refractivity contribution in [2.45, 2.75) is 13.3 Å². The average molecular weight is 386 g/mol. The first-order valence-electron chi connectivity index (χ1n) is 8.88. The zero-order valence-electron chi connectivity index (χ0n) is 15.5. The molecule has 4 rings (SSSR count). The normalized spacial score (nSPS) is 14.0. The molecule has 10 heteroatoms. The van der Waals surface area contributed by atoms with Crippen LogP contribution in [0.15, 0.2) is 30.7 Å². The maximum atomic E-state index is 13.8. The highest BCUT2D eigenvalue weighted by Gasteiger charge is 2.28. The number of hydrogen-bond acceptors (Lipinski definition) is 8. The Bertz CT molecular complexity index is 1020. The Kier molecular flexibility index (Phi) is 4.68. The number of carbonyl (C=O) groups excluding carboxylic acids is 1. The van der Waals surface area contributed by atoms with Crippen molar-refractivity contribution in [3.63, 3.8) is 0 Å². The fourth-order valence-corrected chi connectivity index (χ4v) is 3.21. The van der Waals surface area contributed by atoms with Crippen LogP contribution in [0.3, 0.4) is 0 Å². The van der Waals surface area contributed by atoms with Crippen LogP contribution in [0, 0.1) is 5.82 Å². The molecule has 1 saturated heterocycles. The van der Waals surface area contributed by atoms with Gasteiger partial charge in [-0.15, -0.1) is 0 Å². The molecule has 0 radical (unpaired) electrons. The lowest BCUT2D eigenvalue weighted by atomic mass is 10.3. The van der Waals surface area contributed by atoms with Crippen LogP contribution in [0.25, 0.3) is 5.65 Å². The van der Waals surface area contributed by atoms with Crippen LogP contribution in [0.4, 0.5) is 15.9 Å². The van der Waals surface area contributed by atoms with Gasteiger partial charge in [-0.2, -0.15) is 5.10 Å². The SMILES string of the molecule is CCOC(=O)c1cnn2ccc(N3CCCN3c3cc(F)cnc3OC)nc12. The van der Waals surface area contributed by atoms with Crippen LogP contribution in [0.1, 0.15) is 23.7 Å². The summed E-state index contributed by atoms with van der Waals surface area (Å²) in [5, 5.41) is 7.92. The van der Waals surface area contributed by atoms with Crippen LogP contribution < -0.4 is 14.8 Å². The molecule has 0 aromatic carbocycles. The predicted octanol–water partition coefficient (Wildman–Crippen LogP) is 2.08. The van der Waals surface area contributed by atoms with Gasteiger partial charge in [0.15, 0.2) is 11.5 Å². The molecule has 0 amide bonds. The van der Waals surface area contributed by atoms with Gasteiger partial charge in [0.2, 0.25) is 5.88 Å². The van der Waals surface area contributed by atoms with E-state index >= 15 is 0 Å². The summed E-state index contributed by atoms with van der Waals surface area (Å²) in [5.74, 6) is -0.00353. The molecule has 0 unspecified atom stereocenters. The minimum Gasteiger partial charge on any atom is -0.479 e. The quantitative estimate of drug-likeness (QED) is 0.616. The first-order valence-corrected chi connectivity index (χ1v) is 8.88. The number of carbonyl (C=O) groups is 1. The van der Waals surface area contributed by atoms with Gasteiger partial charge in [-0.3, -0.25) is 10.0 Å². The summed E-state index contributed by atoms with van der Waals surface area (Å²) in [4.78, 5) is 20.8. The maximum absolute atomic E-state index is 13.8. The third kappa shape index (κ3) is 3.06. The number of aromatic nitrogens is 4. The molecule has 0 N–H and O–H groups in total. The second-order valence-corrected chi connectivity index (χ2v) is 6.11. The summed E-state index contributed by atoms with van der Waals surface area (Å²) < 4.78 is 25.7. The summed E-state index contributed by atoms with van der Waals surface area (Å²) in [5.41, 5.74) is 1.20. The van der Waals surface area contributed by atoms with E-state index in [0.717, 1.165) is 12.6 Å². The molecular formula is C18H19FN6O3. The zero-order chi connectivity index (χ0) is 19.7. The van der Waals surface area contributed by atoms with Gasteiger partial charge in [0.25, 0.3) is 0 Å². The van der Waals surface area contributed by atoms with Crippen LogP contribution >= 0.6 is 0 Å². The van der Waals surface area contributed by atoms with Crippen molar-refractivity contribution in [3.8, 4) is 5.88 Å². The van der Waals surface area contributed by atoms with Gasteiger partial charge in [-0.25, -0.2) is 23.7 Å². The summed E-state index contributed by atoms with van der Waals surface area (Å²) in [6.07, 6.45) is 5.12. The predicted molar refractivity (Wildman–Crippen MR) is 99.0 cm³/mol. The number of nitrogens with zero attached hydrogens (tertiary/aromatic N) is 6. The van der Waals surface area contributed by atoms with E-state index in [2.05, 4.69) is 15.1 Å². The smallest absolute Gasteiger partial charge is 0.343 e. The van der Waals surface area contributed by atoms with E-state index in [-0.39, 0.29) is 6.61 Å². The molecule has 3 aromatic rings. The molecule has 0 bridgehead atoms. The van der Waals surface area contributed by atoms with E-state index in [1.165, 1.54) is 23.9 Å². The van der Waals surface area contributed by atoms with E-state index in [1.54, 1.807) is 19.2 Å². The number of anilines is 2. The molecule has 4 heterocycles. The number of hydrazine groups is 1. The molecule has 28 heavy (non-hydrogen) atoms. The Balaban J connectivity index is 1.74. The van der Waals surface area contributed by atoms with Crippen LogP contribution in [0.5, 0.6) is 5.88 Å². The number of pyridine rings is 1. The van der Waals surface area contributed by atoms with Crippen molar-refractivity contribution in [2.75, 3.05) is 36.8 Å². The van der Waals surface area contributed by atoms with Gasteiger partial charge in [0.05, 0.1) is 26.1 Å². The molecule has 1 aliphatic heterocycles. The van der Waals surface area contributed by atoms with E-state index < -0.39 is 11.8 Å². The number of hydrogen-bond donors (Lipinski definition) is 0. The molecule has 1 fully saturated rings. The Morgan fingerprint density at radius 2 is 2.11 bits per heavy atom.